The zero-order valence-corrected chi connectivity index (χ0v) is 12.1. The highest BCUT2D eigenvalue weighted by Crippen LogP contribution is 2.27. The molecule has 0 bridgehead atoms. The minimum atomic E-state index is -1.38. The van der Waals surface area contributed by atoms with Crippen molar-refractivity contribution in [2.75, 3.05) is 7.11 Å². The molecule has 0 saturated heterocycles. The van der Waals surface area contributed by atoms with Gasteiger partial charge in [-0.05, 0) is 12.0 Å². The van der Waals surface area contributed by atoms with Gasteiger partial charge in [-0.3, -0.25) is 4.79 Å². The molecule has 2 rings (SSSR count). The Hall–Kier alpha value is -2.41. The van der Waals surface area contributed by atoms with Crippen LogP contribution in [0.3, 0.4) is 0 Å². The van der Waals surface area contributed by atoms with Crippen molar-refractivity contribution in [3.63, 3.8) is 0 Å². The van der Waals surface area contributed by atoms with Gasteiger partial charge >= 0.3 is 12.1 Å². The van der Waals surface area contributed by atoms with Gasteiger partial charge in [0.15, 0.2) is 0 Å². The summed E-state index contributed by atoms with van der Waals surface area (Å²) < 4.78 is 9.07. The van der Waals surface area contributed by atoms with E-state index >= 15 is 0 Å². The van der Waals surface area contributed by atoms with Crippen LogP contribution in [0.1, 0.15) is 12.0 Å². The van der Waals surface area contributed by atoms with Crippen LogP contribution in [0.4, 0.5) is 4.79 Å². The summed E-state index contributed by atoms with van der Waals surface area (Å²) in [5, 5.41) is 10.7. The predicted octanol–water partition coefficient (Wildman–Crippen LogP) is 2.97. The van der Waals surface area contributed by atoms with Crippen LogP contribution in [0.15, 0.2) is 29.6 Å². The van der Waals surface area contributed by atoms with Crippen LogP contribution in [0.2, 0.25) is 0 Å². The Balaban J connectivity index is 2.03. The van der Waals surface area contributed by atoms with Gasteiger partial charge in [0.05, 0.1) is 12.5 Å². The number of esters is 1. The Bertz CT molecular complexity index is 635. The number of hydrogen-bond acceptors (Lipinski definition) is 6. The summed E-state index contributed by atoms with van der Waals surface area (Å²) in [6, 6.07) is 7.54. The van der Waals surface area contributed by atoms with Crippen molar-refractivity contribution in [3.8, 4) is 16.5 Å². The molecule has 0 spiro atoms. The number of carboxylic acid groups (broad SMARTS) is 1. The normalized spacial score (nSPS) is 10.1. The highest BCUT2D eigenvalue weighted by atomic mass is 32.1. The fourth-order valence-corrected chi connectivity index (χ4v) is 2.42. The third-order valence-electron chi connectivity index (χ3n) is 2.72. The van der Waals surface area contributed by atoms with Crippen molar-refractivity contribution in [2.45, 2.75) is 12.8 Å². The number of carbonyl (C=O) groups is 2. The molecule has 2 aromatic rings. The van der Waals surface area contributed by atoms with E-state index in [9.17, 15) is 9.59 Å². The van der Waals surface area contributed by atoms with Crippen LogP contribution >= 0.6 is 11.3 Å². The summed E-state index contributed by atoms with van der Waals surface area (Å²) in [7, 11) is 1.37. The third-order valence-corrected chi connectivity index (χ3v) is 3.59. The van der Waals surface area contributed by atoms with E-state index in [0.29, 0.717) is 17.8 Å². The van der Waals surface area contributed by atoms with Gasteiger partial charge < -0.3 is 14.6 Å². The quantitative estimate of drug-likeness (QED) is 0.855. The summed E-state index contributed by atoms with van der Waals surface area (Å²) in [5.74, 6) is -0.174. The Labute approximate surface area is 125 Å². The Kier molecular flexibility index (Phi) is 4.89. The summed E-state index contributed by atoms with van der Waals surface area (Å²) in [6.07, 6.45) is -0.438. The van der Waals surface area contributed by atoms with Crippen LogP contribution in [-0.2, 0) is 16.0 Å². The number of rotatable bonds is 5. The number of carbonyl (C=O) groups excluding carboxylic acids is 1. The predicted molar refractivity (Wildman–Crippen MR) is 76.5 cm³/mol. The molecule has 1 N–H and O–H groups in total. The van der Waals surface area contributed by atoms with Gasteiger partial charge in [-0.15, -0.1) is 11.3 Å². The van der Waals surface area contributed by atoms with E-state index in [-0.39, 0.29) is 11.8 Å². The second-order valence-electron chi connectivity index (χ2n) is 4.13. The molecule has 1 heterocycles. The van der Waals surface area contributed by atoms with Crippen molar-refractivity contribution >= 4 is 23.5 Å². The number of ether oxygens (including phenoxy) is 2. The van der Waals surface area contributed by atoms with Crippen LogP contribution < -0.4 is 4.74 Å². The lowest BCUT2D eigenvalue weighted by Crippen LogP contribution is -2.02. The Morgan fingerprint density at radius 1 is 1.29 bits per heavy atom. The first-order chi connectivity index (χ1) is 10.1. The monoisotopic (exact) mass is 307 g/mol. The lowest BCUT2D eigenvalue weighted by Gasteiger charge is -2.02. The molecular formula is C14H13NO5S. The molecule has 0 aliphatic rings. The van der Waals surface area contributed by atoms with Crippen LogP contribution in [0, 0.1) is 0 Å². The molecule has 0 saturated carbocycles. The topological polar surface area (TPSA) is 85.7 Å². The molecule has 0 fully saturated rings. The zero-order valence-electron chi connectivity index (χ0n) is 11.2. The Morgan fingerprint density at radius 2 is 2.00 bits per heavy atom. The van der Waals surface area contributed by atoms with Crippen molar-refractivity contribution in [1.82, 2.24) is 4.98 Å². The average molecular weight is 307 g/mol. The third kappa shape index (κ3) is 4.28. The van der Waals surface area contributed by atoms with E-state index in [4.69, 9.17) is 5.11 Å². The van der Waals surface area contributed by atoms with Crippen LogP contribution in [0.5, 0.6) is 5.88 Å². The molecule has 7 heteroatoms. The zero-order chi connectivity index (χ0) is 15.2. The van der Waals surface area contributed by atoms with E-state index in [1.54, 1.807) is 0 Å². The number of aryl methyl sites for hydroxylation is 1. The number of methoxy groups -OCH3 is 1. The summed E-state index contributed by atoms with van der Waals surface area (Å²) >= 11 is 1.30. The molecular weight excluding hydrogens is 294 g/mol. The average Bonchev–Trinajstić information content (AvgIpc) is 2.93. The largest absolute Gasteiger partial charge is 0.512 e. The molecule has 1 aromatic carbocycles. The molecule has 0 unspecified atom stereocenters. The van der Waals surface area contributed by atoms with Gasteiger partial charge in [-0.1, -0.05) is 24.3 Å². The van der Waals surface area contributed by atoms with E-state index in [0.717, 1.165) is 11.1 Å². The van der Waals surface area contributed by atoms with Crippen molar-refractivity contribution in [3.05, 3.63) is 35.2 Å². The van der Waals surface area contributed by atoms with Crippen LogP contribution in [-0.4, -0.2) is 29.3 Å². The molecule has 21 heavy (non-hydrogen) atoms. The van der Waals surface area contributed by atoms with Gasteiger partial charge in [0.1, 0.15) is 5.01 Å². The van der Waals surface area contributed by atoms with Crippen molar-refractivity contribution < 1.29 is 24.2 Å². The second kappa shape index (κ2) is 6.85. The lowest BCUT2D eigenvalue weighted by molar-refractivity contribution is -0.140. The first-order valence-corrected chi connectivity index (χ1v) is 6.99. The maximum Gasteiger partial charge on any atom is 0.512 e. The van der Waals surface area contributed by atoms with Gasteiger partial charge in [-0.25, -0.2) is 9.78 Å². The van der Waals surface area contributed by atoms with E-state index in [2.05, 4.69) is 14.5 Å². The second-order valence-corrected chi connectivity index (χ2v) is 4.99. The number of hydrogen-bond donors (Lipinski definition) is 1. The minimum Gasteiger partial charge on any atom is -0.469 e. The molecule has 0 aliphatic heterocycles. The maximum atomic E-state index is 11.1. The molecule has 6 nitrogen and oxygen atoms in total. The fourth-order valence-electron chi connectivity index (χ4n) is 1.69. The van der Waals surface area contributed by atoms with Gasteiger partial charge in [-0.2, -0.15) is 0 Å². The summed E-state index contributed by atoms with van der Waals surface area (Å²) in [4.78, 5) is 25.6. The molecule has 0 radical (unpaired) electrons. The highest BCUT2D eigenvalue weighted by molar-refractivity contribution is 7.13. The number of thiazole rings is 1. The lowest BCUT2D eigenvalue weighted by atomic mass is 10.1. The standard InChI is InChI=1S/C14H13NO5S/c1-19-12(16)7-4-9-2-5-10(6-3-9)13-15-11(8-21-13)20-14(17)18/h2-3,5-6,8H,4,7H2,1H3,(H,17,18). The maximum absolute atomic E-state index is 11.1. The van der Waals surface area contributed by atoms with E-state index in [1.807, 2.05) is 24.3 Å². The fraction of sp³-hybridized carbons (Fsp3) is 0.214. The molecule has 0 amide bonds. The minimum absolute atomic E-state index is 0.0669. The van der Waals surface area contributed by atoms with Crippen molar-refractivity contribution in [1.29, 1.82) is 0 Å². The highest BCUT2D eigenvalue weighted by Gasteiger charge is 2.09. The first-order valence-electron chi connectivity index (χ1n) is 6.11. The van der Waals surface area contributed by atoms with E-state index in [1.165, 1.54) is 23.8 Å². The SMILES string of the molecule is COC(=O)CCc1ccc(-c2nc(OC(=O)O)cs2)cc1. The molecule has 110 valence electrons. The smallest absolute Gasteiger partial charge is 0.469 e. The summed E-state index contributed by atoms with van der Waals surface area (Å²) in [5.41, 5.74) is 1.88. The first kappa shape index (κ1) is 15.0. The van der Waals surface area contributed by atoms with Crippen molar-refractivity contribution in [2.24, 2.45) is 0 Å². The number of aromatic nitrogens is 1. The number of nitrogens with zero attached hydrogens (tertiary/aromatic N) is 1. The number of benzene rings is 1. The van der Waals surface area contributed by atoms with E-state index < -0.39 is 6.16 Å². The molecule has 0 atom stereocenters. The van der Waals surface area contributed by atoms with Gasteiger partial charge in [0, 0.05) is 12.0 Å². The Morgan fingerprint density at radius 3 is 2.62 bits per heavy atom. The van der Waals surface area contributed by atoms with Gasteiger partial charge in [0.25, 0.3) is 0 Å². The molecule has 1 aromatic heterocycles. The van der Waals surface area contributed by atoms with Gasteiger partial charge in [0.2, 0.25) is 5.88 Å². The van der Waals surface area contributed by atoms with Crippen LogP contribution in [0.25, 0.3) is 10.6 Å². The summed E-state index contributed by atoms with van der Waals surface area (Å²) in [6.45, 7) is 0. The molecule has 0 aliphatic carbocycles.